The molecule has 0 unspecified atom stereocenters. The van der Waals surface area contributed by atoms with Crippen LogP contribution >= 0.6 is 11.8 Å². The van der Waals surface area contributed by atoms with Crippen molar-refractivity contribution >= 4 is 24.0 Å². The largest absolute Gasteiger partial charge is 0.368 e. The fourth-order valence-electron chi connectivity index (χ4n) is 0.911. The van der Waals surface area contributed by atoms with E-state index in [0.717, 1.165) is 11.2 Å². The number of amides is 1. The normalized spacial score (nSPS) is 12.1. The molecule has 1 atom stereocenters. The summed E-state index contributed by atoms with van der Waals surface area (Å²) in [5, 5.41) is 0. The lowest BCUT2D eigenvalue weighted by Gasteiger charge is -2.06. The number of aldehydes is 1. The fraction of sp³-hybridized carbons (Fsp3) is 0.200. The lowest BCUT2D eigenvalue weighted by Crippen LogP contribution is -2.38. The van der Waals surface area contributed by atoms with Crippen molar-refractivity contribution in [3.05, 3.63) is 29.8 Å². The summed E-state index contributed by atoms with van der Waals surface area (Å²) in [6.45, 7) is 0. The second-order valence-corrected chi connectivity index (χ2v) is 4.10. The number of primary amides is 1. The summed E-state index contributed by atoms with van der Waals surface area (Å²) in [5.41, 5.74) is 11.1. The molecule has 15 heavy (non-hydrogen) atoms. The molecule has 1 amide bonds. The Morgan fingerprint density at radius 1 is 1.40 bits per heavy atom. The zero-order valence-corrected chi connectivity index (χ0v) is 8.87. The van der Waals surface area contributed by atoms with Gasteiger partial charge in [-0.3, -0.25) is 9.59 Å². The molecule has 0 radical (unpaired) electrons. The van der Waals surface area contributed by atoms with E-state index < -0.39 is 11.9 Å². The minimum Gasteiger partial charge on any atom is -0.368 e. The van der Waals surface area contributed by atoms with E-state index in [4.69, 9.17) is 11.5 Å². The van der Waals surface area contributed by atoms with Crippen LogP contribution in [0.4, 0.5) is 0 Å². The molecule has 0 aliphatic carbocycles. The number of carbonyl (C=O) groups is 2. The third-order valence-corrected chi connectivity index (χ3v) is 2.94. The van der Waals surface area contributed by atoms with Crippen molar-refractivity contribution in [1.29, 1.82) is 0 Å². The van der Waals surface area contributed by atoms with Crippen LogP contribution in [0.5, 0.6) is 0 Å². The summed E-state index contributed by atoms with van der Waals surface area (Å²) in [4.78, 5) is 22.0. The van der Waals surface area contributed by atoms with Gasteiger partial charge in [-0.15, -0.1) is 11.8 Å². The van der Waals surface area contributed by atoms with Gasteiger partial charge in [0.1, 0.15) is 6.29 Å². The Labute approximate surface area is 92.0 Å². The zero-order chi connectivity index (χ0) is 11.3. The van der Waals surface area contributed by atoms with Crippen LogP contribution in [0.2, 0.25) is 0 Å². The molecule has 0 saturated heterocycles. The minimum absolute atomic E-state index is 0.440. The van der Waals surface area contributed by atoms with Crippen LogP contribution in [0, 0.1) is 0 Å². The summed E-state index contributed by atoms with van der Waals surface area (Å²) in [6.07, 6.45) is 0.781. The highest BCUT2D eigenvalue weighted by Crippen LogP contribution is 2.18. The monoisotopic (exact) mass is 224 g/mol. The zero-order valence-electron chi connectivity index (χ0n) is 8.05. The molecule has 4 N–H and O–H groups in total. The van der Waals surface area contributed by atoms with E-state index in [0.29, 0.717) is 11.3 Å². The number of rotatable bonds is 5. The van der Waals surface area contributed by atoms with Crippen LogP contribution in [0.1, 0.15) is 10.4 Å². The fourth-order valence-corrected chi connectivity index (χ4v) is 1.78. The molecule has 0 bridgehead atoms. The molecule has 0 heterocycles. The van der Waals surface area contributed by atoms with Crippen LogP contribution in [0.3, 0.4) is 0 Å². The van der Waals surface area contributed by atoms with Gasteiger partial charge in [0.05, 0.1) is 6.04 Å². The third-order valence-electron chi connectivity index (χ3n) is 1.81. The number of carbonyl (C=O) groups excluding carboxylic acids is 2. The van der Waals surface area contributed by atoms with E-state index in [1.54, 1.807) is 12.1 Å². The SMILES string of the molecule is NC(=O)[C@@H](N)CSc1ccc(C=O)cc1. The van der Waals surface area contributed by atoms with Crippen molar-refractivity contribution in [2.75, 3.05) is 5.75 Å². The number of hydrogen-bond acceptors (Lipinski definition) is 4. The molecule has 4 nitrogen and oxygen atoms in total. The van der Waals surface area contributed by atoms with Crippen molar-refractivity contribution in [2.24, 2.45) is 11.5 Å². The van der Waals surface area contributed by atoms with E-state index in [1.165, 1.54) is 11.8 Å². The molecule has 1 aromatic carbocycles. The van der Waals surface area contributed by atoms with E-state index in [1.807, 2.05) is 12.1 Å². The highest BCUT2D eigenvalue weighted by atomic mass is 32.2. The maximum atomic E-state index is 10.7. The molecule has 0 spiro atoms. The van der Waals surface area contributed by atoms with Gasteiger partial charge < -0.3 is 11.5 Å². The standard InChI is InChI=1S/C10H12N2O2S/c11-9(10(12)14)6-15-8-3-1-7(5-13)2-4-8/h1-5,9H,6,11H2,(H2,12,14)/t9-/m0/s1. The topological polar surface area (TPSA) is 86.2 Å². The van der Waals surface area contributed by atoms with E-state index >= 15 is 0 Å². The van der Waals surface area contributed by atoms with Gasteiger partial charge in [-0.2, -0.15) is 0 Å². The van der Waals surface area contributed by atoms with Crippen molar-refractivity contribution in [3.8, 4) is 0 Å². The van der Waals surface area contributed by atoms with Crippen molar-refractivity contribution in [1.82, 2.24) is 0 Å². The molecule has 0 aromatic heterocycles. The summed E-state index contributed by atoms with van der Waals surface area (Å²) >= 11 is 1.43. The molecule has 80 valence electrons. The molecule has 1 aromatic rings. The number of nitrogens with two attached hydrogens (primary N) is 2. The predicted octanol–water partition coefficient (Wildman–Crippen LogP) is 0.404. The van der Waals surface area contributed by atoms with Gasteiger partial charge >= 0.3 is 0 Å². The molecule has 0 aliphatic heterocycles. The molecule has 0 saturated carbocycles. The van der Waals surface area contributed by atoms with Gasteiger partial charge in [-0.1, -0.05) is 12.1 Å². The van der Waals surface area contributed by atoms with Gasteiger partial charge in [0, 0.05) is 16.2 Å². The second kappa shape index (κ2) is 5.53. The highest BCUT2D eigenvalue weighted by molar-refractivity contribution is 7.99. The molecule has 0 aliphatic rings. The third kappa shape index (κ3) is 3.73. The van der Waals surface area contributed by atoms with Gasteiger partial charge in [0.25, 0.3) is 0 Å². The van der Waals surface area contributed by atoms with E-state index in [9.17, 15) is 9.59 Å². The Balaban J connectivity index is 2.51. The first-order valence-electron chi connectivity index (χ1n) is 4.36. The van der Waals surface area contributed by atoms with Crippen LogP contribution in [0.15, 0.2) is 29.2 Å². The van der Waals surface area contributed by atoms with Gasteiger partial charge in [-0.05, 0) is 12.1 Å². The van der Waals surface area contributed by atoms with Gasteiger partial charge in [0.15, 0.2) is 0 Å². The maximum absolute atomic E-state index is 10.7. The van der Waals surface area contributed by atoms with Gasteiger partial charge in [0.2, 0.25) is 5.91 Å². The lowest BCUT2D eigenvalue weighted by molar-refractivity contribution is -0.118. The Hall–Kier alpha value is -1.33. The molecular formula is C10H12N2O2S. The van der Waals surface area contributed by atoms with Crippen LogP contribution in [0.25, 0.3) is 0 Å². The molecular weight excluding hydrogens is 212 g/mol. The highest BCUT2D eigenvalue weighted by Gasteiger charge is 2.08. The Kier molecular flexibility index (Phi) is 4.33. The Morgan fingerprint density at radius 3 is 2.47 bits per heavy atom. The summed E-state index contributed by atoms with van der Waals surface area (Å²) < 4.78 is 0. The number of benzene rings is 1. The number of thioether (sulfide) groups is 1. The predicted molar refractivity (Wildman–Crippen MR) is 59.7 cm³/mol. The summed E-state index contributed by atoms with van der Waals surface area (Å²) in [5.74, 6) is -0.0671. The van der Waals surface area contributed by atoms with E-state index in [2.05, 4.69) is 0 Å². The van der Waals surface area contributed by atoms with E-state index in [-0.39, 0.29) is 0 Å². The first-order chi connectivity index (χ1) is 7.13. The lowest BCUT2D eigenvalue weighted by atomic mass is 10.2. The Morgan fingerprint density at radius 2 is 2.00 bits per heavy atom. The summed E-state index contributed by atoms with van der Waals surface area (Å²) in [7, 11) is 0. The summed E-state index contributed by atoms with van der Waals surface area (Å²) in [6, 6.07) is 6.40. The van der Waals surface area contributed by atoms with Crippen molar-refractivity contribution < 1.29 is 9.59 Å². The average molecular weight is 224 g/mol. The van der Waals surface area contributed by atoms with Crippen molar-refractivity contribution in [3.63, 3.8) is 0 Å². The molecule has 0 fully saturated rings. The smallest absolute Gasteiger partial charge is 0.235 e. The first-order valence-corrected chi connectivity index (χ1v) is 5.35. The molecule has 5 heteroatoms. The number of hydrogen-bond donors (Lipinski definition) is 2. The average Bonchev–Trinajstić information content (AvgIpc) is 2.26. The molecule has 1 rings (SSSR count). The Bertz CT molecular complexity index is 351. The van der Waals surface area contributed by atoms with Crippen LogP contribution < -0.4 is 11.5 Å². The van der Waals surface area contributed by atoms with Crippen LogP contribution in [-0.4, -0.2) is 24.0 Å². The van der Waals surface area contributed by atoms with Gasteiger partial charge in [-0.25, -0.2) is 0 Å². The quantitative estimate of drug-likeness (QED) is 0.560. The second-order valence-electron chi connectivity index (χ2n) is 3.01. The van der Waals surface area contributed by atoms with Crippen LogP contribution in [-0.2, 0) is 4.79 Å². The maximum Gasteiger partial charge on any atom is 0.235 e. The first kappa shape index (κ1) is 11.7. The van der Waals surface area contributed by atoms with Crippen molar-refractivity contribution in [2.45, 2.75) is 10.9 Å². The minimum atomic E-state index is -0.638.